The lowest BCUT2D eigenvalue weighted by Gasteiger charge is -2.06. The van der Waals surface area contributed by atoms with Crippen LogP contribution in [-0.2, 0) is 6.54 Å². The van der Waals surface area contributed by atoms with E-state index >= 15 is 0 Å². The summed E-state index contributed by atoms with van der Waals surface area (Å²) in [6.45, 7) is 5.15. The third-order valence-electron chi connectivity index (χ3n) is 2.50. The van der Waals surface area contributed by atoms with Crippen LogP contribution >= 0.6 is 15.9 Å². The fourth-order valence-corrected chi connectivity index (χ4v) is 1.85. The van der Waals surface area contributed by atoms with E-state index in [2.05, 4.69) is 36.8 Å². The summed E-state index contributed by atoms with van der Waals surface area (Å²) in [5.74, 6) is 0.199. The summed E-state index contributed by atoms with van der Waals surface area (Å²) in [6, 6.07) is 3.36. The largest absolute Gasteiger partial charge is 0.406 e. The third-order valence-corrected chi connectivity index (χ3v) is 3.11. The number of hydrogen-bond acceptors (Lipinski definition) is 5. The van der Waals surface area contributed by atoms with E-state index in [9.17, 15) is 4.39 Å². The van der Waals surface area contributed by atoms with Crippen molar-refractivity contribution in [1.29, 1.82) is 0 Å². The Hall–Kier alpha value is -1.47. The van der Waals surface area contributed by atoms with Crippen LogP contribution in [0.5, 0.6) is 0 Å². The summed E-state index contributed by atoms with van der Waals surface area (Å²) >= 11 is 3.14. The Morgan fingerprint density at radius 2 is 2.16 bits per heavy atom. The highest BCUT2D eigenvalue weighted by Crippen LogP contribution is 2.26. The van der Waals surface area contributed by atoms with Crippen molar-refractivity contribution in [3.05, 3.63) is 33.9 Å². The summed E-state index contributed by atoms with van der Waals surface area (Å²) in [6.07, 6.45) is 0. The van der Waals surface area contributed by atoms with E-state index in [1.54, 1.807) is 13.0 Å². The first kappa shape index (κ1) is 14.0. The van der Waals surface area contributed by atoms with Crippen molar-refractivity contribution in [2.75, 3.05) is 11.9 Å². The molecule has 0 bridgehead atoms. The van der Waals surface area contributed by atoms with E-state index in [0.717, 1.165) is 12.1 Å². The van der Waals surface area contributed by atoms with Gasteiger partial charge < -0.3 is 15.1 Å². The van der Waals surface area contributed by atoms with E-state index in [0.29, 0.717) is 22.6 Å². The number of aromatic nitrogens is 2. The molecule has 0 fully saturated rings. The molecule has 0 aliphatic heterocycles. The van der Waals surface area contributed by atoms with E-state index in [1.165, 1.54) is 6.07 Å². The van der Waals surface area contributed by atoms with Gasteiger partial charge in [-0.05, 0) is 47.1 Å². The van der Waals surface area contributed by atoms with Crippen molar-refractivity contribution in [2.45, 2.75) is 20.4 Å². The molecule has 0 saturated heterocycles. The monoisotopic (exact) mass is 328 g/mol. The van der Waals surface area contributed by atoms with Crippen LogP contribution in [0.15, 0.2) is 21.0 Å². The molecule has 2 N–H and O–H groups in total. The highest BCUT2D eigenvalue weighted by Gasteiger charge is 2.09. The molecule has 1 aromatic carbocycles. The predicted molar refractivity (Wildman–Crippen MR) is 73.8 cm³/mol. The van der Waals surface area contributed by atoms with Crippen molar-refractivity contribution in [3.8, 4) is 0 Å². The normalized spacial score (nSPS) is 10.7. The second-order valence-electron chi connectivity index (χ2n) is 3.99. The molecule has 2 rings (SSSR count). The maximum absolute atomic E-state index is 13.3. The summed E-state index contributed by atoms with van der Waals surface area (Å²) in [5.41, 5.74) is 1.47. The molecule has 0 unspecified atom stereocenters. The number of nitrogens with one attached hydrogen (secondary N) is 2. The lowest BCUT2D eigenvalue weighted by molar-refractivity contribution is 0.484. The van der Waals surface area contributed by atoms with Crippen molar-refractivity contribution >= 4 is 27.6 Å². The van der Waals surface area contributed by atoms with Gasteiger partial charge in [0.05, 0.1) is 11.0 Å². The SMILES string of the molecule is CCNCc1nnc(Nc2cc(Br)c(F)cc2C)o1. The second kappa shape index (κ2) is 6.12. The predicted octanol–water partition coefficient (Wildman–Crippen LogP) is 3.13. The number of nitrogens with zero attached hydrogens (tertiary/aromatic N) is 2. The van der Waals surface area contributed by atoms with Crippen molar-refractivity contribution in [3.63, 3.8) is 0 Å². The van der Waals surface area contributed by atoms with Crippen LogP contribution in [0.2, 0.25) is 0 Å². The molecule has 1 heterocycles. The first-order chi connectivity index (χ1) is 9.10. The number of hydrogen-bond donors (Lipinski definition) is 2. The zero-order chi connectivity index (χ0) is 13.8. The minimum absolute atomic E-state index is 0.287. The van der Waals surface area contributed by atoms with E-state index in [-0.39, 0.29) is 11.8 Å². The van der Waals surface area contributed by atoms with Gasteiger partial charge in [0.2, 0.25) is 5.89 Å². The van der Waals surface area contributed by atoms with Gasteiger partial charge in [0.1, 0.15) is 5.82 Å². The molecular formula is C12H14BrFN4O. The van der Waals surface area contributed by atoms with Gasteiger partial charge >= 0.3 is 6.01 Å². The topological polar surface area (TPSA) is 63.0 Å². The second-order valence-corrected chi connectivity index (χ2v) is 4.84. The first-order valence-electron chi connectivity index (χ1n) is 5.86. The molecule has 0 aliphatic carbocycles. The van der Waals surface area contributed by atoms with Crippen LogP contribution < -0.4 is 10.6 Å². The minimum Gasteiger partial charge on any atom is -0.406 e. The van der Waals surface area contributed by atoms with Crippen molar-refractivity contribution < 1.29 is 8.81 Å². The quantitative estimate of drug-likeness (QED) is 0.882. The van der Waals surface area contributed by atoms with E-state index < -0.39 is 0 Å². The Kier molecular flexibility index (Phi) is 4.49. The van der Waals surface area contributed by atoms with E-state index in [1.807, 2.05) is 6.92 Å². The smallest absolute Gasteiger partial charge is 0.320 e. The minimum atomic E-state index is -0.304. The molecule has 5 nitrogen and oxygen atoms in total. The Morgan fingerprint density at radius 3 is 2.89 bits per heavy atom. The van der Waals surface area contributed by atoms with Crippen LogP contribution in [-0.4, -0.2) is 16.7 Å². The average molecular weight is 329 g/mol. The third kappa shape index (κ3) is 3.51. The Bertz CT molecular complexity index is 573. The number of anilines is 2. The number of aryl methyl sites for hydroxylation is 1. The van der Waals surface area contributed by atoms with E-state index in [4.69, 9.17) is 4.42 Å². The fourth-order valence-electron chi connectivity index (χ4n) is 1.50. The highest BCUT2D eigenvalue weighted by molar-refractivity contribution is 9.10. The lowest BCUT2D eigenvalue weighted by Crippen LogP contribution is -2.11. The van der Waals surface area contributed by atoms with Gasteiger partial charge in [-0.2, -0.15) is 0 Å². The van der Waals surface area contributed by atoms with Crippen LogP contribution in [0.1, 0.15) is 18.4 Å². The molecule has 1 aromatic heterocycles. The molecule has 0 saturated carbocycles. The Morgan fingerprint density at radius 1 is 1.37 bits per heavy atom. The van der Waals surface area contributed by atoms with Crippen LogP contribution in [0.25, 0.3) is 0 Å². The number of benzene rings is 1. The molecule has 0 radical (unpaired) electrons. The number of halogens is 2. The maximum atomic E-state index is 13.3. The summed E-state index contributed by atoms with van der Waals surface area (Å²) < 4.78 is 19.1. The zero-order valence-corrected chi connectivity index (χ0v) is 12.2. The Labute approximate surface area is 118 Å². The highest BCUT2D eigenvalue weighted by atomic mass is 79.9. The van der Waals surface area contributed by atoms with Crippen LogP contribution in [0, 0.1) is 12.7 Å². The molecular weight excluding hydrogens is 315 g/mol. The molecule has 0 amide bonds. The molecule has 102 valence electrons. The summed E-state index contributed by atoms with van der Waals surface area (Å²) in [4.78, 5) is 0. The Balaban J connectivity index is 2.12. The molecule has 0 spiro atoms. The van der Waals surface area contributed by atoms with Crippen LogP contribution in [0.4, 0.5) is 16.1 Å². The number of rotatable bonds is 5. The molecule has 7 heteroatoms. The fraction of sp³-hybridized carbons (Fsp3) is 0.333. The van der Waals surface area contributed by atoms with Crippen molar-refractivity contribution in [2.24, 2.45) is 0 Å². The molecule has 2 aromatic rings. The van der Waals surface area contributed by atoms with Gasteiger partial charge in [0, 0.05) is 5.69 Å². The van der Waals surface area contributed by atoms with Gasteiger partial charge in [-0.15, -0.1) is 5.10 Å². The van der Waals surface area contributed by atoms with Crippen LogP contribution in [0.3, 0.4) is 0 Å². The van der Waals surface area contributed by atoms with Gasteiger partial charge in [-0.1, -0.05) is 12.0 Å². The summed E-state index contributed by atoms with van der Waals surface area (Å²) in [7, 11) is 0. The standard InChI is InChI=1S/C12H14BrFN4O/c1-3-15-6-11-17-18-12(19-11)16-10-5-8(13)9(14)4-7(10)2/h4-5,15H,3,6H2,1-2H3,(H,16,18). The maximum Gasteiger partial charge on any atom is 0.320 e. The lowest BCUT2D eigenvalue weighted by atomic mass is 10.2. The summed E-state index contributed by atoms with van der Waals surface area (Å²) in [5, 5.41) is 13.8. The van der Waals surface area contributed by atoms with Gasteiger partial charge in [-0.25, -0.2) is 4.39 Å². The zero-order valence-electron chi connectivity index (χ0n) is 10.6. The van der Waals surface area contributed by atoms with Gasteiger partial charge in [0.15, 0.2) is 0 Å². The molecule has 19 heavy (non-hydrogen) atoms. The molecule has 0 atom stereocenters. The van der Waals surface area contributed by atoms with Gasteiger partial charge in [-0.3, -0.25) is 0 Å². The molecule has 0 aliphatic rings. The first-order valence-corrected chi connectivity index (χ1v) is 6.65. The van der Waals surface area contributed by atoms with Crippen molar-refractivity contribution in [1.82, 2.24) is 15.5 Å². The average Bonchev–Trinajstić information content (AvgIpc) is 2.81. The van der Waals surface area contributed by atoms with Gasteiger partial charge in [0.25, 0.3) is 0 Å².